The van der Waals surface area contributed by atoms with Crippen LogP contribution >= 0.6 is 0 Å². The van der Waals surface area contributed by atoms with Crippen molar-refractivity contribution in [1.29, 1.82) is 0 Å². The van der Waals surface area contributed by atoms with Crippen molar-refractivity contribution >= 4 is 5.82 Å². The fraction of sp³-hybridized carbons (Fsp3) is 0.714. The van der Waals surface area contributed by atoms with Gasteiger partial charge in [0.05, 0.1) is 18.3 Å². The van der Waals surface area contributed by atoms with Crippen LogP contribution in [-0.2, 0) is 11.2 Å². The van der Waals surface area contributed by atoms with E-state index in [1.165, 1.54) is 0 Å². The summed E-state index contributed by atoms with van der Waals surface area (Å²) in [6.45, 7) is 9.55. The highest BCUT2D eigenvalue weighted by molar-refractivity contribution is 5.41. The summed E-state index contributed by atoms with van der Waals surface area (Å²) in [7, 11) is 0. The summed E-state index contributed by atoms with van der Waals surface area (Å²) in [6.07, 6.45) is 0.733. The van der Waals surface area contributed by atoms with E-state index < -0.39 is 0 Å². The fourth-order valence-electron chi connectivity index (χ4n) is 2.52. The molecule has 1 saturated heterocycles. The van der Waals surface area contributed by atoms with Crippen LogP contribution in [0.1, 0.15) is 32.3 Å². The lowest BCUT2D eigenvalue weighted by molar-refractivity contribution is -0.101. The first-order chi connectivity index (χ1) is 8.93. The lowest BCUT2D eigenvalue weighted by Crippen LogP contribution is -2.54. The Bertz CT molecular complexity index is 448. The van der Waals surface area contributed by atoms with Crippen molar-refractivity contribution < 1.29 is 9.84 Å². The maximum atomic E-state index is 9.36. The van der Waals surface area contributed by atoms with Gasteiger partial charge in [-0.1, -0.05) is 6.92 Å². The third-order valence-corrected chi connectivity index (χ3v) is 3.25. The zero-order chi connectivity index (χ0) is 14.0. The summed E-state index contributed by atoms with van der Waals surface area (Å²) < 4.78 is 5.83. The van der Waals surface area contributed by atoms with Gasteiger partial charge in [0, 0.05) is 24.8 Å². The van der Waals surface area contributed by atoms with E-state index in [0.29, 0.717) is 6.54 Å². The maximum absolute atomic E-state index is 9.36. The van der Waals surface area contributed by atoms with Gasteiger partial charge in [0.15, 0.2) is 0 Å². The van der Waals surface area contributed by atoms with E-state index in [9.17, 15) is 5.11 Å². The maximum Gasteiger partial charge on any atom is 0.132 e. The summed E-state index contributed by atoms with van der Waals surface area (Å²) in [4.78, 5) is 11.1. The highest BCUT2D eigenvalue weighted by Gasteiger charge is 2.33. The first-order valence-corrected chi connectivity index (χ1v) is 6.81. The van der Waals surface area contributed by atoms with Gasteiger partial charge in [0.2, 0.25) is 0 Å². The van der Waals surface area contributed by atoms with Crippen molar-refractivity contribution in [3.8, 4) is 0 Å². The molecule has 0 amide bonds. The van der Waals surface area contributed by atoms with Crippen molar-refractivity contribution in [2.75, 3.05) is 24.6 Å². The summed E-state index contributed by atoms with van der Waals surface area (Å²) in [5, 5.41) is 9.36. The van der Waals surface area contributed by atoms with Crippen LogP contribution in [0.4, 0.5) is 5.82 Å². The number of hydrogen-bond acceptors (Lipinski definition) is 5. The summed E-state index contributed by atoms with van der Waals surface area (Å²) in [5.41, 5.74) is 0.768. The zero-order valence-corrected chi connectivity index (χ0v) is 12.2. The average Bonchev–Trinajstić information content (AvgIpc) is 2.36. The number of anilines is 1. The molecule has 19 heavy (non-hydrogen) atoms. The Morgan fingerprint density at radius 3 is 2.84 bits per heavy atom. The molecule has 5 nitrogen and oxygen atoms in total. The third-order valence-electron chi connectivity index (χ3n) is 3.25. The highest BCUT2D eigenvalue weighted by atomic mass is 16.5. The van der Waals surface area contributed by atoms with Crippen LogP contribution in [0.3, 0.4) is 0 Å². The molecule has 1 aliphatic rings. The minimum Gasteiger partial charge on any atom is -0.394 e. The number of aliphatic hydroxyl groups is 1. The van der Waals surface area contributed by atoms with Gasteiger partial charge in [0.25, 0.3) is 0 Å². The minimum atomic E-state index is -0.281. The van der Waals surface area contributed by atoms with E-state index >= 15 is 0 Å². The van der Waals surface area contributed by atoms with E-state index in [1.807, 2.05) is 26.8 Å². The molecule has 0 radical (unpaired) electrons. The summed E-state index contributed by atoms with van der Waals surface area (Å²) in [5.74, 6) is 1.72. The largest absolute Gasteiger partial charge is 0.394 e. The van der Waals surface area contributed by atoms with E-state index in [4.69, 9.17) is 4.74 Å². The number of nitrogens with zero attached hydrogens (tertiary/aromatic N) is 3. The normalized spacial score (nSPS) is 22.6. The molecule has 2 rings (SSSR count). The molecule has 106 valence electrons. The molecule has 1 aromatic heterocycles. The second kappa shape index (κ2) is 5.43. The first-order valence-electron chi connectivity index (χ1n) is 6.81. The van der Waals surface area contributed by atoms with E-state index in [2.05, 4.69) is 21.8 Å². The molecule has 0 spiro atoms. The number of aryl methyl sites for hydroxylation is 2. The van der Waals surface area contributed by atoms with Crippen LogP contribution in [0.2, 0.25) is 0 Å². The summed E-state index contributed by atoms with van der Waals surface area (Å²) in [6, 6.07) is 2.03. The topological polar surface area (TPSA) is 58.5 Å². The molecular weight excluding hydrogens is 242 g/mol. The molecule has 0 aromatic carbocycles. The molecule has 2 heterocycles. The Morgan fingerprint density at radius 1 is 1.47 bits per heavy atom. The number of rotatable bonds is 3. The third kappa shape index (κ3) is 3.42. The quantitative estimate of drug-likeness (QED) is 0.893. The van der Waals surface area contributed by atoms with Gasteiger partial charge in [-0.05, 0) is 27.2 Å². The second-order valence-electron chi connectivity index (χ2n) is 5.68. The van der Waals surface area contributed by atoms with Crippen LogP contribution in [0.5, 0.6) is 0 Å². The fourth-order valence-corrected chi connectivity index (χ4v) is 2.52. The smallest absolute Gasteiger partial charge is 0.132 e. The molecule has 1 N–H and O–H groups in total. The summed E-state index contributed by atoms with van der Waals surface area (Å²) >= 11 is 0. The first kappa shape index (κ1) is 14.2. The van der Waals surface area contributed by atoms with Crippen molar-refractivity contribution in [2.45, 2.75) is 45.8 Å². The van der Waals surface area contributed by atoms with Gasteiger partial charge in [-0.25, -0.2) is 9.97 Å². The van der Waals surface area contributed by atoms with Gasteiger partial charge in [-0.15, -0.1) is 0 Å². The van der Waals surface area contributed by atoms with Gasteiger partial charge in [-0.2, -0.15) is 0 Å². The van der Waals surface area contributed by atoms with E-state index in [-0.39, 0.29) is 18.3 Å². The van der Waals surface area contributed by atoms with Crippen molar-refractivity contribution in [3.05, 3.63) is 17.6 Å². The number of aromatic nitrogens is 2. The van der Waals surface area contributed by atoms with E-state index in [1.54, 1.807) is 0 Å². The molecule has 0 aliphatic carbocycles. The van der Waals surface area contributed by atoms with Crippen LogP contribution in [0, 0.1) is 6.92 Å². The lowest BCUT2D eigenvalue weighted by Gasteiger charge is -2.42. The Kier molecular flexibility index (Phi) is 4.06. The van der Waals surface area contributed by atoms with Gasteiger partial charge < -0.3 is 14.7 Å². The Balaban J connectivity index is 2.27. The Hall–Kier alpha value is -1.20. The Morgan fingerprint density at radius 2 is 2.21 bits per heavy atom. The monoisotopic (exact) mass is 265 g/mol. The van der Waals surface area contributed by atoms with Gasteiger partial charge >= 0.3 is 0 Å². The van der Waals surface area contributed by atoms with Gasteiger partial charge in [-0.3, -0.25) is 0 Å². The molecule has 1 aliphatic heterocycles. The van der Waals surface area contributed by atoms with Crippen molar-refractivity contribution in [1.82, 2.24) is 9.97 Å². The molecule has 5 heteroatoms. The number of aliphatic hydroxyl groups excluding tert-OH is 1. The van der Waals surface area contributed by atoms with Crippen LogP contribution < -0.4 is 4.90 Å². The average molecular weight is 265 g/mol. The van der Waals surface area contributed by atoms with Crippen molar-refractivity contribution in [2.24, 2.45) is 0 Å². The second-order valence-corrected chi connectivity index (χ2v) is 5.68. The number of hydrogen-bond donors (Lipinski definition) is 1. The molecule has 0 saturated carbocycles. The van der Waals surface area contributed by atoms with Gasteiger partial charge in [0.1, 0.15) is 11.6 Å². The molecule has 0 bridgehead atoms. The highest BCUT2D eigenvalue weighted by Crippen LogP contribution is 2.25. The van der Waals surface area contributed by atoms with Crippen LogP contribution in [-0.4, -0.2) is 46.5 Å². The Labute approximate surface area is 114 Å². The molecule has 1 fully saturated rings. The van der Waals surface area contributed by atoms with Crippen molar-refractivity contribution in [3.63, 3.8) is 0 Å². The van der Waals surface area contributed by atoms with Crippen LogP contribution in [0.25, 0.3) is 0 Å². The zero-order valence-electron chi connectivity index (χ0n) is 12.2. The molecule has 1 aromatic rings. The molecular formula is C14H23N3O2. The predicted octanol–water partition coefficient (Wildman–Crippen LogP) is 1.32. The minimum absolute atomic E-state index is 0.0324. The lowest BCUT2D eigenvalue weighted by atomic mass is 10.1. The number of ether oxygens (including phenoxy) is 1. The SMILES string of the molecule is CCc1cc(N2CC(CO)OC(C)(C)C2)nc(C)n1. The van der Waals surface area contributed by atoms with E-state index in [0.717, 1.165) is 30.3 Å². The number of morpholine rings is 1. The molecule has 1 atom stereocenters. The molecule has 1 unspecified atom stereocenters. The van der Waals surface area contributed by atoms with Crippen LogP contribution in [0.15, 0.2) is 6.07 Å². The standard InChI is InChI=1S/C14H23N3O2/c1-5-11-6-13(16-10(2)15-11)17-7-12(8-18)19-14(3,4)9-17/h6,12,18H,5,7-9H2,1-4H3. The predicted molar refractivity (Wildman–Crippen MR) is 74.4 cm³/mol.